The lowest BCUT2D eigenvalue weighted by Crippen LogP contribution is -2.48. The van der Waals surface area contributed by atoms with E-state index in [2.05, 4.69) is 58.5 Å². The molecule has 2 aliphatic rings. The number of β-amino-alcohol motifs (C(OH)–C–C–N with tert-alkyl or cyclic N) is 1. The Labute approximate surface area is 252 Å². The van der Waals surface area contributed by atoms with Gasteiger partial charge in [-0.05, 0) is 48.1 Å². The number of hydrogen-bond acceptors (Lipinski definition) is 9. The highest BCUT2D eigenvalue weighted by molar-refractivity contribution is 7.99. The summed E-state index contributed by atoms with van der Waals surface area (Å²) in [6, 6.07) is 16.3. The van der Waals surface area contributed by atoms with Crippen molar-refractivity contribution in [2.45, 2.75) is 27.1 Å². The molecule has 0 amide bonds. The molecular weight excluding hydrogens is 584 g/mol. The number of piperazine rings is 1. The number of benzene rings is 2. The second kappa shape index (κ2) is 18.0. The Hall–Kier alpha value is -3.62. The summed E-state index contributed by atoms with van der Waals surface area (Å²) >= 11 is 3.74. The molecule has 0 bridgehead atoms. The maximum Gasteiger partial charge on any atom is 0.328 e. The second-order valence-electron chi connectivity index (χ2n) is 8.95. The van der Waals surface area contributed by atoms with E-state index in [1.165, 1.54) is 25.8 Å². The van der Waals surface area contributed by atoms with E-state index in [9.17, 15) is 24.3 Å². The topological polar surface area (TPSA) is 176 Å². The first kappa shape index (κ1) is 34.6. The smallest absolute Gasteiger partial charge is 0.328 e. The zero-order valence-electron chi connectivity index (χ0n) is 23.0. The van der Waals surface area contributed by atoms with E-state index in [4.69, 9.17) is 20.4 Å². The van der Waals surface area contributed by atoms with Crippen molar-refractivity contribution >= 4 is 47.4 Å². The van der Waals surface area contributed by atoms with Crippen LogP contribution in [0.15, 0.2) is 81.5 Å². The molecule has 5 N–H and O–H groups in total. The summed E-state index contributed by atoms with van der Waals surface area (Å²) in [5.74, 6) is -5.03. The number of carboxylic acids is 4. The summed E-state index contributed by atoms with van der Waals surface area (Å²) in [6.07, 6.45) is 5.46. The van der Waals surface area contributed by atoms with Gasteiger partial charge in [0.1, 0.15) is 0 Å². The van der Waals surface area contributed by atoms with Crippen LogP contribution < -0.4 is 0 Å². The molecule has 0 radical (unpaired) electrons. The average molecular weight is 619 g/mol. The van der Waals surface area contributed by atoms with Crippen molar-refractivity contribution in [1.82, 2.24) is 9.80 Å². The molecule has 1 saturated heterocycles. The molecule has 226 valence electrons. The number of aliphatic hydroxyl groups is 1. The summed E-state index contributed by atoms with van der Waals surface area (Å²) in [5, 5.41) is 40.4. The van der Waals surface area contributed by atoms with Crippen molar-refractivity contribution < 1.29 is 44.7 Å². The number of carbonyl (C=O) groups is 4. The summed E-state index contributed by atoms with van der Waals surface area (Å²) in [5.41, 5.74) is 2.94. The van der Waals surface area contributed by atoms with E-state index in [-0.39, 0.29) is 6.61 Å². The number of aliphatic hydroxyl groups excluding tert-OH is 1. The highest BCUT2D eigenvalue weighted by atomic mass is 32.2. The van der Waals surface area contributed by atoms with Gasteiger partial charge < -0.3 is 25.5 Å². The van der Waals surface area contributed by atoms with Crippen LogP contribution >= 0.6 is 23.5 Å². The van der Waals surface area contributed by atoms with Gasteiger partial charge in [-0.3, -0.25) is 9.80 Å². The van der Waals surface area contributed by atoms with Gasteiger partial charge in [0.05, 0.1) is 6.61 Å². The van der Waals surface area contributed by atoms with Crippen LogP contribution in [-0.4, -0.2) is 105 Å². The SMILES string of the molecule is CSc1ccc2c(c1)CC(N1CCN(CCO)CC1)c1ccccc1S2.O=C(O)/C=C/C(=O)O.O=C(O)/C=C/C(=O)O. The van der Waals surface area contributed by atoms with Crippen LogP contribution in [0.3, 0.4) is 0 Å². The number of fused-ring (bicyclic) bond motifs is 2. The highest BCUT2D eigenvalue weighted by Crippen LogP contribution is 2.43. The Morgan fingerprint density at radius 1 is 0.833 bits per heavy atom. The number of aliphatic carboxylic acids is 4. The lowest BCUT2D eigenvalue weighted by molar-refractivity contribution is -0.134. The third kappa shape index (κ3) is 12.1. The molecule has 1 atom stereocenters. The maximum atomic E-state index is 9.55. The number of rotatable bonds is 8. The van der Waals surface area contributed by atoms with Gasteiger partial charge in [0.15, 0.2) is 0 Å². The van der Waals surface area contributed by atoms with Crippen molar-refractivity contribution in [1.29, 1.82) is 0 Å². The standard InChI is InChI=1S/C21H26N2OS2.2C4H4O4/c1-25-17-6-7-20-16(14-17)15-19(18-4-2-3-5-21(18)26-20)23-10-8-22(9-11-23)12-13-24;2*5-3(6)1-2-4(7)8/h2-7,14,19,24H,8-13,15H2,1H3;2*1-2H,(H,5,6)(H,7,8)/b;2*2-1+. The predicted octanol–water partition coefficient (Wildman–Crippen LogP) is 3.19. The molecule has 0 spiro atoms. The average Bonchev–Trinajstić information content (AvgIpc) is 3.12. The van der Waals surface area contributed by atoms with Gasteiger partial charge in [-0.25, -0.2) is 19.2 Å². The fourth-order valence-corrected chi connectivity index (χ4v) is 5.86. The molecule has 2 aromatic rings. The van der Waals surface area contributed by atoms with E-state index in [0.717, 1.165) is 39.1 Å². The highest BCUT2D eigenvalue weighted by Gasteiger charge is 2.29. The molecule has 0 saturated carbocycles. The van der Waals surface area contributed by atoms with Crippen molar-refractivity contribution in [3.63, 3.8) is 0 Å². The van der Waals surface area contributed by atoms with E-state index >= 15 is 0 Å². The van der Waals surface area contributed by atoms with Crippen LogP contribution in [0.25, 0.3) is 0 Å². The molecule has 4 rings (SSSR count). The van der Waals surface area contributed by atoms with Crippen LogP contribution in [0.2, 0.25) is 0 Å². The first-order valence-electron chi connectivity index (χ1n) is 12.8. The molecule has 13 heteroatoms. The summed E-state index contributed by atoms with van der Waals surface area (Å²) in [6.45, 7) is 5.29. The molecule has 42 heavy (non-hydrogen) atoms. The molecule has 2 aromatic carbocycles. The van der Waals surface area contributed by atoms with Gasteiger partial charge in [-0.15, -0.1) is 11.8 Å². The Kier molecular flexibility index (Phi) is 14.8. The molecule has 1 fully saturated rings. The molecule has 0 aliphatic carbocycles. The van der Waals surface area contributed by atoms with Crippen LogP contribution in [0.1, 0.15) is 17.2 Å². The van der Waals surface area contributed by atoms with E-state index in [1.807, 2.05) is 23.5 Å². The molecule has 2 aliphatic heterocycles. The molecule has 11 nitrogen and oxygen atoms in total. The zero-order chi connectivity index (χ0) is 31.1. The Balaban J connectivity index is 0.000000319. The fourth-order valence-electron chi connectivity index (χ4n) is 4.28. The number of hydrogen-bond donors (Lipinski definition) is 5. The minimum absolute atomic E-state index is 0.258. The Morgan fingerprint density at radius 2 is 1.38 bits per heavy atom. The number of nitrogens with zero attached hydrogens (tertiary/aromatic N) is 2. The molecule has 0 aromatic heterocycles. The summed E-state index contributed by atoms with van der Waals surface area (Å²) in [7, 11) is 0. The number of carboxylic acid groups (broad SMARTS) is 4. The van der Waals surface area contributed by atoms with Gasteiger partial charge in [0.2, 0.25) is 0 Å². The van der Waals surface area contributed by atoms with E-state index < -0.39 is 23.9 Å². The van der Waals surface area contributed by atoms with Gasteiger partial charge in [-0.2, -0.15) is 0 Å². The quantitative estimate of drug-likeness (QED) is 0.216. The first-order chi connectivity index (χ1) is 20.0. The minimum atomic E-state index is -1.26. The third-order valence-electron chi connectivity index (χ3n) is 6.18. The van der Waals surface area contributed by atoms with Crippen molar-refractivity contribution in [3.05, 3.63) is 77.9 Å². The van der Waals surface area contributed by atoms with Gasteiger partial charge >= 0.3 is 23.9 Å². The van der Waals surface area contributed by atoms with E-state index in [1.54, 1.807) is 0 Å². The molecule has 2 heterocycles. The summed E-state index contributed by atoms with van der Waals surface area (Å²) in [4.78, 5) is 47.4. The normalized spacial score (nSPS) is 16.7. The lowest BCUT2D eigenvalue weighted by atomic mass is 9.96. The van der Waals surface area contributed by atoms with Crippen molar-refractivity contribution in [3.8, 4) is 0 Å². The van der Waals surface area contributed by atoms with Crippen LogP contribution in [0.5, 0.6) is 0 Å². The van der Waals surface area contributed by atoms with Gasteiger partial charge in [-0.1, -0.05) is 30.0 Å². The zero-order valence-corrected chi connectivity index (χ0v) is 24.6. The van der Waals surface area contributed by atoms with Gasteiger partial charge in [0, 0.05) is 77.8 Å². The monoisotopic (exact) mass is 618 g/mol. The lowest BCUT2D eigenvalue weighted by Gasteiger charge is -2.39. The van der Waals surface area contributed by atoms with E-state index in [0.29, 0.717) is 30.3 Å². The number of thioether (sulfide) groups is 1. The maximum absolute atomic E-state index is 9.55. The third-order valence-corrected chi connectivity index (χ3v) is 8.11. The van der Waals surface area contributed by atoms with Crippen LogP contribution in [0.4, 0.5) is 0 Å². The molecular formula is C29H34N2O9S2. The largest absolute Gasteiger partial charge is 0.478 e. The van der Waals surface area contributed by atoms with Crippen molar-refractivity contribution in [2.24, 2.45) is 0 Å². The second-order valence-corrected chi connectivity index (χ2v) is 10.9. The van der Waals surface area contributed by atoms with Gasteiger partial charge in [0.25, 0.3) is 0 Å². The first-order valence-corrected chi connectivity index (χ1v) is 14.9. The molecule has 1 unspecified atom stereocenters. The Bertz CT molecular complexity index is 1230. The van der Waals surface area contributed by atoms with Crippen molar-refractivity contribution in [2.75, 3.05) is 45.6 Å². The summed E-state index contributed by atoms with van der Waals surface area (Å²) < 4.78 is 0. The van der Waals surface area contributed by atoms with Crippen LogP contribution in [0, 0.1) is 0 Å². The fraction of sp³-hybridized carbons (Fsp3) is 0.310. The minimum Gasteiger partial charge on any atom is -0.478 e. The Morgan fingerprint density at radius 3 is 1.88 bits per heavy atom. The van der Waals surface area contributed by atoms with Crippen LogP contribution in [-0.2, 0) is 25.6 Å². The predicted molar refractivity (Wildman–Crippen MR) is 159 cm³/mol.